The van der Waals surface area contributed by atoms with Crippen LogP contribution in [0.3, 0.4) is 0 Å². The summed E-state index contributed by atoms with van der Waals surface area (Å²) < 4.78 is 99.6. The van der Waals surface area contributed by atoms with Gasteiger partial charge in [0.2, 0.25) is 0 Å². The molecule has 0 atom stereocenters. The summed E-state index contributed by atoms with van der Waals surface area (Å²) in [7, 11) is 0. The normalized spacial score (nSPS) is 15.7. The third-order valence-electron chi connectivity index (χ3n) is 5.38. The van der Waals surface area contributed by atoms with Crippen LogP contribution in [0, 0.1) is 0 Å². The summed E-state index contributed by atoms with van der Waals surface area (Å²) >= 11 is 0. The van der Waals surface area contributed by atoms with Gasteiger partial charge in [0.05, 0.1) is 0 Å². The number of benzene rings is 3. The Kier molecular flexibility index (Phi) is 4.09. The van der Waals surface area contributed by atoms with E-state index in [1.807, 2.05) is 0 Å². The Morgan fingerprint density at radius 3 is 1.38 bits per heavy atom. The minimum atomic E-state index is -6.44. The van der Waals surface area contributed by atoms with Crippen LogP contribution in [0.1, 0.15) is 16.7 Å². The Morgan fingerprint density at radius 2 is 0.931 bits per heavy atom. The van der Waals surface area contributed by atoms with Gasteiger partial charge in [0, 0.05) is 0 Å². The van der Waals surface area contributed by atoms with Crippen LogP contribution in [0.15, 0.2) is 78.9 Å². The molecule has 0 N–H and O–H groups in total. The molecular formula is C22H13F7. The molecule has 0 saturated heterocycles. The highest BCUT2D eigenvalue weighted by molar-refractivity contribution is 5.84. The first-order valence-electron chi connectivity index (χ1n) is 8.64. The van der Waals surface area contributed by atoms with Crippen molar-refractivity contribution in [1.29, 1.82) is 0 Å². The van der Waals surface area contributed by atoms with Crippen LogP contribution >= 0.6 is 0 Å². The fourth-order valence-electron chi connectivity index (χ4n) is 4.17. The fraction of sp³-hybridized carbons (Fsp3) is 0.182. The van der Waals surface area contributed by atoms with E-state index in [1.165, 1.54) is 66.7 Å². The quantitative estimate of drug-likeness (QED) is 0.415. The minimum absolute atomic E-state index is 0.199. The molecule has 0 aromatic heterocycles. The summed E-state index contributed by atoms with van der Waals surface area (Å²) in [5.74, 6) is -11.8. The number of hydrogen-bond acceptors (Lipinski definition) is 0. The van der Waals surface area contributed by atoms with E-state index in [2.05, 4.69) is 0 Å². The second kappa shape index (κ2) is 6.08. The third-order valence-corrected chi connectivity index (χ3v) is 5.38. The first-order chi connectivity index (χ1) is 13.6. The predicted molar refractivity (Wildman–Crippen MR) is 94.2 cm³/mol. The molecule has 0 heterocycles. The number of hydrogen-bond donors (Lipinski definition) is 0. The lowest BCUT2D eigenvalue weighted by Crippen LogP contribution is -2.62. The summed E-state index contributed by atoms with van der Waals surface area (Å²) in [5, 5.41) is 0. The molecule has 1 aliphatic rings. The molecule has 150 valence electrons. The predicted octanol–water partition coefficient (Wildman–Crippen LogP) is 6.83. The van der Waals surface area contributed by atoms with Crippen molar-refractivity contribution in [3.8, 4) is 11.1 Å². The molecule has 0 nitrogen and oxygen atoms in total. The van der Waals surface area contributed by atoms with Crippen LogP contribution < -0.4 is 0 Å². The standard InChI is InChI=1S/C22H13F7/c23-20(24,21(25,26)22(27,28)29)19(14-8-2-1-3-9-14)17-12-6-4-10-15(17)16-11-5-7-13-18(16)19/h1-13H. The van der Waals surface area contributed by atoms with Crippen molar-refractivity contribution in [3.63, 3.8) is 0 Å². The van der Waals surface area contributed by atoms with Gasteiger partial charge in [-0.15, -0.1) is 0 Å². The second-order valence-electron chi connectivity index (χ2n) is 6.85. The minimum Gasteiger partial charge on any atom is -0.198 e. The molecule has 0 bridgehead atoms. The Morgan fingerprint density at radius 1 is 0.517 bits per heavy atom. The van der Waals surface area contributed by atoms with Gasteiger partial charge in [0.1, 0.15) is 5.41 Å². The van der Waals surface area contributed by atoms with Gasteiger partial charge in [0.25, 0.3) is 0 Å². The van der Waals surface area contributed by atoms with Crippen LogP contribution in [0.2, 0.25) is 0 Å². The van der Waals surface area contributed by atoms with Crippen molar-refractivity contribution in [1.82, 2.24) is 0 Å². The number of halogens is 7. The number of fused-ring (bicyclic) bond motifs is 3. The van der Waals surface area contributed by atoms with E-state index in [0.29, 0.717) is 0 Å². The number of rotatable bonds is 3. The van der Waals surface area contributed by atoms with Crippen molar-refractivity contribution >= 4 is 0 Å². The zero-order valence-electron chi connectivity index (χ0n) is 14.7. The van der Waals surface area contributed by atoms with Gasteiger partial charge in [-0.25, -0.2) is 0 Å². The smallest absolute Gasteiger partial charge is 0.198 e. The molecule has 0 spiro atoms. The van der Waals surface area contributed by atoms with Gasteiger partial charge >= 0.3 is 18.0 Å². The third kappa shape index (κ3) is 2.33. The fourth-order valence-corrected chi connectivity index (χ4v) is 4.17. The van der Waals surface area contributed by atoms with Gasteiger partial charge in [-0.05, 0) is 27.8 Å². The molecule has 0 radical (unpaired) electrons. The maximum absolute atomic E-state index is 15.6. The molecule has 0 amide bonds. The van der Waals surface area contributed by atoms with Crippen molar-refractivity contribution in [2.24, 2.45) is 0 Å². The summed E-state index contributed by atoms with van der Waals surface area (Å²) in [6.07, 6.45) is -6.44. The Bertz CT molecular complexity index is 1010. The van der Waals surface area contributed by atoms with Crippen LogP contribution in [0.5, 0.6) is 0 Å². The Balaban J connectivity index is 2.19. The van der Waals surface area contributed by atoms with Gasteiger partial charge in [-0.1, -0.05) is 78.9 Å². The highest BCUT2D eigenvalue weighted by Crippen LogP contribution is 2.65. The van der Waals surface area contributed by atoms with E-state index in [9.17, 15) is 22.0 Å². The summed E-state index contributed by atoms with van der Waals surface area (Å²) in [6.45, 7) is 0. The molecule has 7 heteroatoms. The largest absolute Gasteiger partial charge is 0.459 e. The van der Waals surface area contributed by atoms with E-state index in [-0.39, 0.29) is 27.8 Å². The van der Waals surface area contributed by atoms with Crippen LogP contribution in [-0.4, -0.2) is 18.0 Å². The summed E-state index contributed by atoms with van der Waals surface area (Å²) in [6, 6.07) is 17.5. The summed E-state index contributed by atoms with van der Waals surface area (Å²) in [5.41, 5.74) is -3.54. The highest BCUT2D eigenvalue weighted by Gasteiger charge is 2.81. The SMILES string of the molecule is FC(F)(F)C(F)(F)C(F)(F)C1(c2ccccc2)c2ccccc2-c2ccccc21. The van der Waals surface area contributed by atoms with Crippen molar-refractivity contribution in [2.75, 3.05) is 0 Å². The molecule has 1 aliphatic carbocycles. The van der Waals surface area contributed by atoms with Gasteiger partial charge in [-0.2, -0.15) is 30.7 Å². The van der Waals surface area contributed by atoms with E-state index in [4.69, 9.17) is 0 Å². The Labute approximate surface area is 161 Å². The van der Waals surface area contributed by atoms with E-state index in [1.54, 1.807) is 0 Å². The molecule has 0 aliphatic heterocycles. The lowest BCUT2D eigenvalue weighted by atomic mass is 9.66. The second-order valence-corrected chi connectivity index (χ2v) is 6.85. The maximum atomic E-state index is 15.6. The van der Waals surface area contributed by atoms with Gasteiger partial charge in [-0.3, -0.25) is 0 Å². The lowest BCUT2D eigenvalue weighted by molar-refractivity contribution is -0.363. The zero-order chi connectivity index (χ0) is 21.1. The topological polar surface area (TPSA) is 0 Å². The van der Waals surface area contributed by atoms with Gasteiger partial charge in [0.15, 0.2) is 0 Å². The molecule has 4 rings (SSSR count). The molecular weight excluding hydrogens is 397 g/mol. The Hall–Kier alpha value is -2.83. The van der Waals surface area contributed by atoms with Crippen molar-refractivity contribution < 1.29 is 30.7 Å². The zero-order valence-corrected chi connectivity index (χ0v) is 14.7. The maximum Gasteiger partial charge on any atom is 0.459 e. The first kappa shape index (κ1) is 19.5. The van der Waals surface area contributed by atoms with E-state index in [0.717, 1.165) is 12.1 Å². The molecule has 3 aromatic rings. The average Bonchev–Trinajstić information content (AvgIpc) is 2.99. The molecule has 3 aromatic carbocycles. The number of alkyl halides is 7. The molecule has 0 unspecified atom stereocenters. The van der Waals surface area contributed by atoms with E-state index < -0.39 is 23.4 Å². The van der Waals surface area contributed by atoms with Crippen LogP contribution in [0.4, 0.5) is 30.7 Å². The average molecular weight is 410 g/mol. The molecule has 29 heavy (non-hydrogen) atoms. The lowest BCUT2D eigenvalue weighted by Gasteiger charge is -2.43. The molecule has 0 fully saturated rings. The van der Waals surface area contributed by atoms with Crippen molar-refractivity contribution in [3.05, 3.63) is 95.6 Å². The summed E-state index contributed by atoms with van der Waals surface area (Å²) in [4.78, 5) is 0. The monoisotopic (exact) mass is 410 g/mol. The van der Waals surface area contributed by atoms with Crippen LogP contribution in [-0.2, 0) is 5.41 Å². The van der Waals surface area contributed by atoms with Gasteiger partial charge < -0.3 is 0 Å². The first-order valence-corrected chi connectivity index (χ1v) is 8.64. The van der Waals surface area contributed by atoms with E-state index >= 15 is 8.78 Å². The van der Waals surface area contributed by atoms with Crippen LogP contribution in [0.25, 0.3) is 11.1 Å². The van der Waals surface area contributed by atoms with Crippen molar-refractivity contribution in [2.45, 2.75) is 23.4 Å². The molecule has 0 saturated carbocycles. The highest BCUT2D eigenvalue weighted by atomic mass is 19.4.